The van der Waals surface area contributed by atoms with Gasteiger partial charge in [0.15, 0.2) is 0 Å². The smallest absolute Gasteiger partial charge is 0.335 e. The van der Waals surface area contributed by atoms with Crippen molar-refractivity contribution >= 4 is 117 Å². The normalized spacial score (nSPS) is 12.0. The van der Waals surface area contributed by atoms with E-state index < -0.39 is 114 Å². The van der Waals surface area contributed by atoms with Crippen LogP contribution in [0, 0.1) is 41.5 Å². The Hall–Kier alpha value is -10.0. The van der Waals surface area contributed by atoms with E-state index in [1.807, 2.05) is 0 Å². The standard InChI is InChI=1S/C55H46N6O20S3/c1-23-11-25(3)48(60-54(70)56-33-15-29(50(62)63)13-30(16-33)51(64)65)27(5)46(23)58-38-21-40-36(19-43(38)83(75,76)77)45(35-9-7-8-10-42(35)82(72,73)74)37-20-44(84(78,79)80)39(22-41(37)81-40)59-47-24(2)12-26(4)49(28(47)6)61-55(71)57-34-17-31(52(66)67)14-32(18-34)53(68)69/h7-22,58H,1-6H3,(H,62,63)(H,64,65)(H,66,67)(H,68,69)(H2,56,60,70)(H2,57,61,71)(H,72,73,74)(H,75,76,77)(H,78,79,80). The molecule has 0 saturated carbocycles. The molecule has 0 unspecified atom stereocenters. The number of aromatic carboxylic acids is 4. The molecule has 0 bridgehead atoms. The minimum Gasteiger partial charge on any atom is -0.478 e. The van der Waals surface area contributed by atoms with Gasteiger partial charge in [-0.2, -0.15) is 25.3 Å². The number of fused-ring (bicyclic) bond motifs is 2. The van der Waals surface area contributed by atoms with Gasteiger partial charge in [-0.3, -0.25) is 13.7 Å². The number of anilines is 6. The van der Waals surface area contributed by atoms with Crippen LogP contribution < -0.4 is 31.9 Å². The molecule has 6 aromatic carbocycles. The third-order valence-electron chi connectivity index (χ3n) is 13.1. The Morgan fingerprint density at radius 2 is 0.917 bits per heavy atom. The van der Waals surface area contributed by atoms with Crippen LogP contribution in [0.1, 0.15) is 74.8 Å². The number of rotatable bonds is 15. The topological polar surface area (TPSA) is 432 Å². The Kier molecular flexibility index (Phi) is 16.0. The van der Waals surface area contributed by atoms with Gasteiger partial charge in [0.05, 0.1) is 50.4 Å². The fourth-order valence-corrected chi connectivity index (χ4v) is 11.5. The van der Waals surface area contributed by atoms with E-state index in [4.69, 9.17) is 4.42 Å². The zero-order valence-electron chi connectivity index (χ0n) is 44.3. The van der Waals surface area contributed by atoms with Gasteiger partial charge in [0.25, 0.3) is 30.4 Å². The van der Waals surface area contributed by atoms with Crippen molar-refractivity contribution in [2.24, 2.45) is 4.99 Å². The molecule has 8 rings (SSSR count). The molecule has 0 radical (unpaired) electrons. The van der Waals surface area contributed by atoms with E-state index in [0.717, 1.165) is 66.7 Å². The summed E-state index contributed by atoms with van der Waals surface area (Å²) in [5.41, 5.74) is -1.36. The summed E-state index contributed by atoms with van der Waals surface area (Å²) in [6.07, 6.45) is 0. The van der Waals surface area contributed by atoms with Crippen molar-refractivity contribution in [1.82, 2.24) is 0 Å². The molecule has 4 amide bonds. The van der Waals surface area contributed by atoms with Crippen molar-refractivity contribution < 1.29 is 92.5 Å². The molecule has 1 aliphatic heterocycles. The summed E-state index contributed by atoms with van der Waals surface area (Å²) in [5, 5.41) is 50.3. The number of carbonyl (C=O) groups is 6. The number of urea groups is 2. The zero-order valence-corrected chi connectivity index (χ0v) is 46.8. The first kappa shape index (κ1) is 60.1. The van der Waals surface area contributed by atoms with Gasteiger partial charge in [0.1, 0.15) is 26.0 Å². The average molecular weight is 1210 g/mol. The van der Waals surface area contributed by atoms with Crippen LogP contribution in [0.3, 0.4) is 0 Å². The highest BCUT2D eigenvalue weighted by molar-refractivity contribution is 7.86. The first-order valence-electron chi connectivity index (χ1n) is 24.1. The van der Waals surface area contributed by atoms with Gasteiger partial charge in [-0.15, -0.1) is 0 Å². The van der Waals surface area contributed by atoms with Gasteiger partial charge < -0.3 is 51.4 Å². The molecular formula is C55H46N6O20S3. The number of nitrogens with zero attached hydrogens (tertiary/aromatic N) is 1. The lowest BCUT2D eigenvalue weighted by Crippen LogP contribution is -2.21. The predicted octanol–water partition coefficient (Wildman–Crippen LogP) is 9.85. The fourth-order valence-electron chi connectivity index (χ4n) is 9.54. The maximum Gasteiger partial charge on any atom is 0.335 e. The van der Waals surface area contributed by atoms with Crippen LogP contribution in [0.15, 0.2) is 121 Å². The molecular weight excluding hydrogens is 1160 g/mol. The van der Waals surface area contributed by atoms with Crippen molar-refractivity contribution in [3.05, 3.63) is 158 Å². The third kappa shape index (κ3) is 12.4. The van der Waals surface area contributed by atoms with Crippen LogP contribution in [0.25, 0.3) is 33.4 Å². The fraction of sp³-hybridized carbons (Fsp3) is 0.109. The molecule has 0 aromatic heterocycles. The quantitative estimate of drug-likeness (QED) is 0.0335. The summed E-state index contributed by atoms with van der Waals surface area (Å²) in [6, 6.07) is 15.7. The van der Waals surface area contributed by atoms with Gasteiger partial charge in [-0.05, 0) is 130 Å². The van der Waals surface area contributed by atoms with Crippen LogP contribution in [0.2, 0.25) is 0 Å². The second kappa shape index (κ2) is 22.4. The van der Waals surface area contributed by atoms with E-state index in [9.17, 15) is 88.1 Å². The van der Waals surface area contributed by atoms with Gasteiger partial charge >= 0.3 is 35.9 Å². The molecule has 84 heavy (non-hydrogen) atoms. The molecule has 0 saturated heterocycles. The number of aryl methyl sites for hydroxylation is 4. The number of carboxylic acid groups (broad SMARTS) is 4. The lowest BCUT2D eigenvalue weighted by atomic mass is 9.93. The van der Waals surface area contributed by atoms with E-state index in [0.29, 0.717) is 22.3 Å². The Balaban J connectivity index is 1.32. The Morgan fingerprint density at radius 1 is 0.464 bits per heavy atom. The molecule has 0 fully saturated rings. The molecule has 26 nitrogen and oxygen atoms in total. The number of hydrogen-bond donors (Lipinski definition) is 12. The number of carboxylic acids is 4. The third-order valence-corrected chi connectivity index (χ3v) is 15.8. The van der Waals surface area contributed by atoms with Crippen molar-refractivity contribution in [3.8, 4) is 22.5 Å². The molecule has 1 aliphatic carbocycles. The van der Waals surface area contributed by atoms with Crippen LogP contribution >= 0.6 is 0 Å². The average Bonchev–Trinajstić information content (AvgIpc) is 0.898. The van der Waals surface area contributed by atoms with E-state index in [2.05, 4.69) is 31.6 Å². The van der Waals surface area contributed by atoms with Gasteiger partial charge in [-0.25, -0.2) is 33.8 Å². The molecule has 434 valence electrons. The monoisotopic (exact) mass is 1210 g/mol. The number of amides is 4. The van der Waals surface area contributed by atoms with E-state index >= 15 is 0 Å². The van der Waals surface area contributed by atoms with E-state index in [-0.39, 0.29) is 78.7 Å². The van der Waals surface area contributed by atoms with Gasteiger partial charge in [0.2, 0.25) is 0 Å². The molecule has 0 spiro atoms. The summed E-state index contributed by atoms with van der Waals surface area (Å²) in [5.74, 6) is -6.21. The summed E-state index contributed by atoms with van der Waals surface area (Å²) in [6.45, 7) is 9.42. The lowest BCUT2D eigenvalue weighted by molar-refractivity contribution is 0.0676. The summed E-state index contributed by atoms with van der Waals surface area (Å²) < 4.78 is 119. The van der Waals surface area contributed by atoms with Crippen LogP contribution in [0.5, 0.6) is 0 Å². The number of hydrogen-bond acceptors (Lipinski definition) is 15. The lowest BCUT2D eigenvalue weighted by Gasteiger charge is -2.22. The SMILES string of the molecule is Cc1cc(C)c(NC(=O)Nc2cc(C(=O)O)cc(C(=O)O)c2)c(C)c1N=c1cc2oc3cc(Nc4c(C)cc(C)c(NC(=O)Nc5cc(C(=O)O)cc(C(=O)O)c5)c4C)c(S(=O)(=O)O)cc3c(-c3ccccc3S(=O)(=O)O)c-2cc1S(=O)(=O)O. The first-order chi connectivity index (χ1) is 39.1. The maximum absolute atomic E-state index is 13.5. The second-order valence-electron chi connectivity index (χ2n) is 19.0. The largest absolute Gasteiger partial charge is 0.478 e. The van der Waals surface area contributed by atoms with Gasteiger partial charge in [-0.1, -0.05) is 30.3 Å². The van der Waals surface area contributed by atoms with Crippen molar-refractivity contribution in [1.29, 1.82) is 0 Å². The van der Waals surface area contributed by atoms with E-state index in [1.165, 1.54) is 32.0 Å². The number of nitrogens with one attached hydrogen (secondary N) is 5. The molecule has 1 heterocycles. The minimum atomic E-state index is -5.36. The van der Waals surface area contributed by atoms with Crippen LogP contribution in [0.4, 0.5) is 49.4 Å². The van der Waals surface area contributed by atoms with Crippen molar-refractivity contribution in [2.75, 3.05) is 26.6 Å². The number of carbonyl (C=O) groups excluding carboxylic acids is 2. The molecule has 6 aromatic rings. The number of benzene rings is 7. The van der Waals surface area contributed by atoms with Crippen LogP contribution in [-0.2, 0) is 30.4 Å². The van der Waals surface area contributed by atoms with E-state index in [1.54, 1.807) is 39.8 Å². The maximum atomic E-state index is 13.5. The summed E-state index contributed by atoms with van der Waals surface area (Å²) in [4.78, 5) is 75.9. The Labute approximate surface area is 475 Å². The highest BCUT2D eigenvalue weighted by Crippen LogP contribution is 2.46. The van der Waals surface area contributed by atoms with Crippen molar-refractivity contribution in [3.63, 3.8) is 0 Å². The second-order valence-corrected chi connectivity index (χ2v) is 23.2. The van der Waals surface area contributed by atoms with Crippen molar-refractivity contribution in [2.45, 2.75) is 56.2 Å². The summed E-state index contributed by atoms with van der Waals surface area (Å²) >= 11 is 0. The first-order valence-corrected chi connectivity index (χ1v) is 28.5. The highest BCUT2D eigenvalue weighted by atomic mass is 32.2. The Morgan fingerprint density at radius 3 is 1.39 bits per heavy atom. The predicted molar refractivity (Wildman–Crippen MR) is 304 cm³/mol. The highest BCUT2D eigenvalue weighted by Gasteiger charge is 2.30. The van der Waals surface area contributed by atoms with Gasteiger partial charge in [0, 0.05) is 51.3 Å². The molecule has 29 heteroatoms. The molecule has 0 atom stereocenters. The minimum absolute atomic E-state index is 0.0121. The zero-order chi connectivity index (χ0) is 61.8. The molecule has 12 N–H and O–H groups in total. The summed E-state index contributed by atoms with van der Waals surface area (Å²) in [7, 11) is -15.9. The van der Waals surface area contributed by atoms with Crippen LogP contribution in [-0.4, -0.2) is 95.3 Å². The molecule has 2 aliphatic rings. The Bertz CT molecular complexity index is 4570.